The summed E-state index contributed by atoms with van der Waals surface area (Å²) in [6.45, 7) is 2.25. The number of rotatable bonds is 6. The van der Waals surface area contributed by atoms with Gasteiger partial charge in [0.2, 0.25) is 0 Å². The van der Waals surface area contributed by atoms with E-state index >= 15 is 0 Å². The summed E-state index contributed by atoms with van der Waals surface area (Å²) in [5.74, 6) is 2.48. The number of fused-ring (bicyclic) bond motifs is 2. The molecule has 1 N–H and O–H groups in total. The highest BCUT2D eigenvalue weighted by atomic mass is 16.5. The number of methoxy groups -OCH3 is 2. The molecule has 1 atom stereocenters. The molecule has 1 unspecified atom stereocenters. The molecule has 0 bridgehead atoms. The number of nitrogens with zero attached hydrogens (tertiary/aromatic N) is 5. The molecule has 1 aromatic carbocycles. The van der Waals surface area contributed by atoms with Crippen LogP contribution in [-0.4, -0.2) is 52.3 Å². The zero-order chi connectivity index (χ0) is 25.4. The molecule has 5 heterocycles. The highest BCUT2D eigenvalue weighted by Gasteiger charge is 2.31. The van der Waals surface area contributed by atoms with Gasteiger partial charge < -0.3 is 29.0 Å². The lowest BCUT2D eigenvalue weighted by Gasteiger charge is -2.20. The average Bonchev–Trinajstić information content (AvgIpc) is 3.43. The number of hydrogen-bond acceptors (Lipinski definition) is 9. The zero-order valence-corrected chi connectivity index (χ0v) is 20.6. The number of pyridine rings is 2. The van der Waals surface area contributed by atoms with E-state index < -0.39 is 6.23 Å². The normalized spacial score (nSPS) is 16.3. The lowest BCUT2D eigenvalue weighted by atomic mass is 10.1. The monoisotopic (exact) mass is 501 g/mol. The molecule has 0 aliphatic carbocycles. The Bertz CT molecular complexity index is 1440. The summed E-state index contributed by atoms with van der Waals surface area (Å²) in [4.78, 5) is 11.0. The first kappa shape index (κ1) is 23.1. The molecule has 2 aliphatic heterocycles. The smallest absolute Gasteiger partial charge is 0.256 e. The van der Waals surface area contributed by atoms with Crippen molar-refractivity contribution in [3.05, 3.63) is 71.8 Å². The van der Waals surface area contributed by atoms with Gasteiger partial charge in [0, 0.05) is 35.5 Å². The van der Waals surface area contributed by atoms with Crippen LogP contribution in [-0.2, 0) is 13.1 Å². The Balaban J connectivity index is 1.22. The molecule has 0 amide bonds. The van der Waals surface area contributed by atoms with Gasteiger partial charge in [-0.1, -0.05) is 18.2 Å². The van der Waals surface area contributed by atoms with Gasteiger partial charge in [-0.3, -0.25) is 9.67 Å². The van der Waals surface area contributed by atoms with Crippen molar-refractivity contribution in [1.82, 2.24) is 19.7 Å². The van der Waals surface area contributed by atoms with Crippen molar-refractivity contribution in [2.45, 2.75) is 25.7 Å². The van der Waals surface area contributed by atoms with E-state index in [1.54, 1.807) is 26.6 Å². The van der Waals surface area contributed by atoms with E-state index in [2.05, 4.69) is 10.1 Å². The molecule has 0 saturated heterocycles. The summed E-state index contributed by atoms with van der Waals surface area (Å²) in [7, 11) is 3.12. The Labute approximate surface area is 214 Å². The van der Waals surface area contributed by atoms with E-state index in [4.69, 9.17) is 23.9 Å². The summed E-state index contributed by atoms with van der Waals surface area (Å²) in [5.41, 5.74) is 4.90. The number of aliphatic hydroxyl groups excluding tert-OH is 1. The van der Waals surface area contributed by atoms with Crippen molar-refractivity contribution in [2.75, 3.05) is 32.3 Å². The van der Waals surface area contributed by atoms with Crippen LogP contribution < -0.4 is 23.8 Å². The van der Waals surface area contributed by atoms with Crippen molar-refractivity contribution in [3.63, 3.8) is 0 Å². The number of ether oxygens (including phenoxy) is 4. The van der Waals surface area contributed by atoms with E-state index in [1.807, 2.05) is 52.2 Å². The fraction of sp³-hybridized carbons (Fsp3) is 0.296. The lowest BCUT2D eigenvalue weighted by Crippen LogP contribution is -2.20. The zero-order valence-electron chi connectivity index (χ0n) is 20.6. The molecule has 0 radical (unpaired) electrons. The van der Waals surface area contributed by atoms with Crippen LogP contribution in [0.4, 0.5) is 5.69 Å². The first-order valence-electron chi connectivity index (χ1n) is 12.1. The number of benzene rings is 1. The van der Waals surface area contributed by atoms with Crippen molar-refractivity contribution in [3.8, 4) is 34.4 Å². The van der Waals surface area contributed by atoms with Crippen LogP contribution in [0.5, 0.6) is 23.1 Å². The molecule has 10 heteroatoms. The second-order valence-corrected chi connectivity index (χ2v) is 8.86. The van der Waals surface area contributed by atoms with Gasteiger partial charge in [0.05, 0.1) is 63.8 Å². The van der Waals surface area contributed by atoms with E-state index in [0.29, 0.717) is 37.9 Å². The number of hydrogen-bond donors (Lipinski definition) is 1. The maximum Gasteiger partial charge on any atom is 0.256 e. The van der Waals surface area contributed by atoms with Gasteiger partial charge in [0.15, 0.2) is 23.5 Å². The van der Waals surface area contributed by atoms with Gasteiger partial charge in [-0.2, -0.15) is 5.10 Å². The Hall–Kier alpha value is -4.31. The summed E-state index contributed by atoms with van der Waals surface area (Å²) in [6.07, 6.45) is 5.41. The molecule has 2 aliphatic rings. The Kier molecular flexibility index (Phi) is 6.01. The fourth-order valence-corrected chi connectivity index (χ4v) is 4.70. The highest BCUT2D eigenvalue weighted by Crippen LogP contribution is 2.38. The fourth-order valence-electron chi connectivity index (χ4n) is 4.70. The molecular weight excluding hydrogens is 474 g/mol. The summed E-state index contributed by atoms with van der Waals surface area (Å²) < 4.78 is 24.2. The molecular formula is C27H27N5O5. The van der Waals surface area contributed by atoms with Crippen molar-refractivity contribution in [2.24, 2.45) is 0 Å². The molecule has 10 nitrogen and oxygen atoms in total. The quantitative estimate of drug-likeness (QED) is 0.425. The predicted octanol–water partition coefficient (Wildman–Crippen LogP) is 3.58. The van der Waals surface area contributed by atoms with Crippen LogP contribution in [0.25, 0.3) is 11.3 Å². The van der Waals surface area contributed by atoms with Gasteiger partial charge in [0.1, 0.15) is 0 Å². The van der Waals surface area contributed by atoms with Gasteiger partial charge in [0.25, 0.3) is 5.88 Å². The minimum Gasteiger partial charge on any atom is -0.491 e. The topological polar surface area (TPSA) is 104 Å². The Morgan fingerprint density at radius 2 is 1.97 bits per heavy atom. The Morgan fingerprint density at radius 3 is 2.84 bits per heavy atom. The molecule has 0 fully saturated rings. The molecule has 3 aromatic heterocycles. The van der Waals surface area contributed by atoms with Gasteiger partial charge >= 0.3 is 0 Å². The first-order valence-corrected chi connectivity index (χ1v) is 12.1. The SMILES string of the molecule is COc1cc(-c2ccc3c(n2)CN(c2cnn(Cc4cccc5c4OCCCO5)c2)C3O)cnc1OC. The molecule has 0 spiro atoms. The highest BCUT2D eigenvalue weighted by molar-refractivity contribution is 5.63. The number of para-hydroxylation sites is 1. The molecule has 4 aromatic rings. The van der Waals surface area contributed by atoms with Gasteiger partial charge in [-0.15, -0.1) is 0 Å². The second-order valence-electron chi connectivity index (χ2n) is 8.86. The van der Waals surface area contributed by atoms with Crippen molar-refractivity contribution in [1.29, 1.82) is 0 Å². The van der Waals surface area contributed by atoms with E-state index in [-0.39, 0.29) is 0 Å². The summed E-state index contributed by atoms with van der Waals surface area (Å²) in [6, 6.07) is 11.5. The van der Waals surface area contributed by atoms with Crippen LogP contribution in [0.15, 0.2) is 55.0 Å². The molecule has 37 heavy (non-hydrogen) atoms. The minimum absolute atomic E-state index is 0.414. The predicted molar refractivity (Wildman–Crippen MR) is 135 cm³/mol. The largest absolute Gasteiger partial charge is 0.491 e. The van der Waals surface area contributed by atoms with Crippen LogP contribution >= 0.6 is 0 Å². The van der Waals surface area contributed by atoms with Gasteiger partial charge in [-0.25, -0.2) is 4.98 Å². The van der Waals surface area contributed by atoms with Crippen LogP contribution in [0.1, 0.15) is 29.5 Å². The van der Waals surface area contributed by atoms with E-state index in [0.717, 1.165) is 51.7 Å². The molecule has 6 rings (SSSR count). The second kappa shape index (κ2) is 9.62. The first-order chi connectivity index (χ1) is 18.1. The van der Waals surface area contributed by atoms with E-state index in [9.17, 15) is 5.11 Å². The maximum atomic E-state index is 11.1. The third-order valence-electron chi connectivity index (χ3n) is 6.57. The summed E-state index contributed by atoms with van der Waals surface area (Å²) in [5, 5.41) is 15.6. The number of aliphatic hydroxyl groups is 1. The maximum absolute atomic E-state index is 11.1. The van der Waals surface area contributed by atoms with Crippen LogP contribution in [0.3, 0.4) is 0 Å². The van der Waals surface area contributed by atoms with Crippen molar-refractivity contribution >= 4 is 5.69 Å². The summed E-state index contributed by atoms with van der Waals surface area (Å²) >= 11 is 0. The van der Waals surface area contributed by atoms with Crippen LogP contribution in [0.2, 0.25) is 0 Å². The molecule has 0 saturated carbocycles. The van der Waals surface area contributed by atoms with Crippen molar-refractivity contribution < 1.29 is 24.1 Å². The standard InChI is InChI=1S/C27H27N5O5/c1-34-24-11-18(12-28-26(24)35-2)21-8-7-20-22(30-21)16-32(27(20)33)19-13-29-31(15-19)14-17-5-3-6-23-25(17)37-10-4-9-36-23/h3,5-8,11-13,15,27,33H,4,9-10,14,16H2,1-2H3. The van der Waals surface area contributed by atoms with Crippen LogP contribution in [0, 0.1) is 0 Å². The minimum atomic E-state index is -0.817. The number of aromatic nitrogens is 4. The third kappa shape index (κ3) is 4.29. The van der Waals surface area contributed by atoms with Gasteiger partial charge in [-0.05, 0) is 18.2 Å². The average molecular weight is 502 g/mol. The number of anilines is 1. The third-order valence-corrected chi connectivity index (χ3v) is 6.57. The lowest BCUT2D eigenvalue weighted by molar-refractivity contribution is 0.181. The Morgan fingerprint density at radius 1 is 1.08 bits per heavy atom. The van der Waals surface area contributed by atoms with E-state index in [1.165, 1.54) is 0 Å². The molecule has 190 valence electrons.